The number of hydrogen-bond donors (Lipinski definition) is 0. The summed E-state index contributed by atoms with van der Waals surface area (Å²) in [7, 11) is 0. The Morgan fingerprint density at radius 1 is 0.651 bits per heavy atom. The minimum atomic E-state index is -0.802. The first-order valence-electron chi connectivity index (χ1n) is 12.8. The van der Waals surface area contributed by atoms with Crippen LogP contribution in [0, 0.1) is 10.1 Å². The molecule has 0 aromatic heterocycles. The SMILES string of the molecule is C=C(C)C(=O)OCCOC(=O)CCC(=O)OCc1ccc(COC(=O)CCC(=O)OCCOC(=O)C(=C)C)c([N+](=O)[O-])c1. The number of ether oxygens (including phenoxy) is 6. The summed E-state index contributed by atoms with van der Waals surface area (Å²) in [6, 6.07) is 3.91. The van der Waals surface area contributed by atoms with Gasteiger partial charge in [0.25, 0.3) is 5.69 Å². The number of benzene rings is 1. The molecule has 0 saturated carbocycles. The van der Waals surface area contributed by atoms with Crippen molar-refractivity contribution in [2.24, 2.45) is 0 Å². The Bertz CT molecular complexity index is 1240. The van der Waals surface area contributed by atoms with E-state index in [0.29, 0.717) is 0 Å². The molecule has 15 nitrogen and oxygen atoms in total. The highest BCUT2D eigenvalue weighted by atomic mass is 16.6. The van der Waals surface area contributed by atoms with Crippen molar-refractivity contribution in [3.8, 4) is 0 Å². The molecule has 0 N–H and O–H groups in total. The molecule has 43 heavy (non-hydrogen) atoms. The van der Waals surface area contributed by atoms with Gasteiger partial charge in [-0.25, -0.2) is 9.59 Å². The maximum atomic E-state index is 12.0. The Hall–Kier alpha value is -5.08. The van der Waals surface area contributed by atoms with Crippen molar-refractivity contribution in [3.63, 3.8) is 0 Å². The maximum Gasteiger partial charge on any atom is 0.333 e. The molecule has 0 fully saturated rings. The minimum Gasteiger partial charge on any atom is -0.462 e. The number of esters is 6. The van der Waals surface area contributed by atoms with Gasteiger partial charge < -0.3 is 28.4 Å². The van der Waals surface area contributed by atoms with Gasteiger partial charge in [0.05, 0.1) is 36.2 Å². The molecule has 0 aliphatic carbocycles. The Labute approximate surface area is 246 Å². The molecule has 234 valence electrons. The van der Waals surface area contributed by atoms with E-state index >= 15 is 0 Å². The Morgan fingerprint density at radius 2 is 1.05 bits per heavy atom. The first-order valence-corrected chi connectivity index (χ1v) is 12.8. The van der Waals surface area contributed by atoms with Crippen LogP contribution in [0.1, 0.15) is 50.7 Å². The molecule has 0 bridgehead atoms. The van der Waals surface area contributed by atoms with E-state index in [1.54, 1.807) is 0 Å². The van der Waals surface area contributed by atoms with Crippen LogP contribution in [-0.2, 0) is 70.4 Å². The third-order valence-electron chi connectivity index (χ3n) is 5.06. The first-order chi connectivity index (χ1) is 20.3. The van der Waals surface area contributed by atoms with Crippen LogP contribution in [-0.4, -0.2) is 67.2 Å². The van der Waals surface area contributed by atoms with Gasteiger partial charge >= 0.3 is 35.8 Å². The summed E-state index contributed by atoms with van der Waals surface area (Å²) < 4.78 is 29.2. The molecular formula is C28H33NO14. The second-order valence-electron chi connectivity index (χ2n) is 8.81. The lowest BCUT2D eigenvalue weighted by Gasteiger charge is -2.09. The van der Waals surface area contributed by atoms with Gasteiger partial charge in [0.2, 0.25) is 0 Å². The lowest BCUT2D eigenvalue weighted by atomic mass is 10.1. The largest absolute Gasteiger partial charge is 0.462 e. The minimum absolute atomic E-state index is 0.0620. The van der Waals surface area contributed by atoms with Crippen molar-refractivity contribution >= 4 is 41.5 Å². The van der Waals surface area contributed by atoms with Crippen molar-refractivity contribution in [2.75, 3.05) is 26.4 Å². The van der Waals surface area contributed by atoms with E-state index < -0.39 is 47.3 Å². The molecule has 1 rings (SSSR count). The van der Waals surface area contributed by atoms with E-state index in [-0.39, 0.29) is 86.7 Å². The third kappa shape index (κ3) is 15.5. The highest BCUT2D eigenvalue weighted by Crippen LogP contribution is 2.22. The first kappa shape index (κ1) is 35.9. The molecular weight excluding hydrogens is 574 g/mol. The van der Waals surface area contributed by atoms with Gasteiger partial charge in [-0.3, -0.25) is 29.3 Å². The Kier molecular flexibility index (Phi) is 16.0. The van der Waals surface area contributed by atoms with Crippen LogP contribution >= 0.6 is 0 Å². The molecule has 0 saturated heterocycles. The van der Waals surface area contributed by atoms with E-state index in [1.165, 1.54) is 26.0 Å². The summed E-state index contributed by atoms with van der Waals surface area (Å²) in [4.78, 5) is 80.6. The van der Waals surface area contributed by atoms with Crippen molar-refractivity contribution in [1.29, 1.82) is 0 Å². The van der Waals surface area contributed by atoms with Crippen molar-refractivity contribution in [1.82, 2.24) is 0 Å². The average molecular weight is 608 g/mol. The van der Waals surface area contributed by atoms with Crippen LogP contribution in [0.2, 0.25) is 0 Å². The quantitative estimate of drug-likeness (QED) is 0.0554. The number of nitrogens with zero attached hydrogens (tertiary/aromatic N) is 1. The van der Waals surface area contributed by atoms with Crippen LogP contribution in [0.4, 0.5) is 5.69 Å². The molecule has 0 aliphatic heterocycles. The molecule has 0 amide bonds. The molecule has 0 aliphatic rings. The molecule has 0 atom stereocenters. The Balaban J connectivity index is 2.42. The fourth-order valence-corrected chi connectivity index (χ4v) is 2.84. The zero-order chi connectivity index (χ0) is 32.4. The summed E-state index contributed by atoms with van der Waals surface area (Å²) in [6.45, 7) is 8.24. The van der Waals surface area contributed by atoms with Gasteiger partial charge in [0, 0.05) is 17.2 Å². The van der Waals surface area contributed by atoms with E-state index in [4.69, 9.17) is 28.4 Å². The standard InChI is InChI=1S/C28H33NO14/c1-18(2)27(34)40-13-11-38-23(30)7-9-25(32)42-16-20-5-6-21(22(15-20)29(36)37)17-43-26(33)10-8-24(31)39-12-14-41-28(35)19(3)4/h5-6,15H,1,3,7-14,16-17H2,2,4H3. The van der Waals surface area contributed by atoms with E-state index in [1.807, 2.05) is 0 Å². The van der Waals surface area contributed by atoms with Gasteiger partial charge in [-0.1, -0.05) is 19.2 Å². The second-order valence-corrected chi connectivity index (χ2v) is 8.81. The number of rotatable bonds is 19. The van der Waals surface area contributed by atoms with Crippen molar-refractivity contribution in [3.05, 3.63) is 63.7 Å². The van der Waals surface area contributed by atoms with Crippen LogP contribution < -0.4 is 0 Å². The van der Waals surface area contributed by atoms with Gasteiger partial charge in [-0.05, 0) is 25.5 Å². The highest BCUT2D eigenvalue weighted by Gasteiger charge is 2.18. The highest BCUT2D eigenvalue weighted by molar-refractivity contribution is 5.87. The van der Waals surface area contributed by atoms with Crippen LogP contribution in [0.15, 0.2) is 42.5 Å². The second kappa shape index (κ2) is 19.1. The zero-order valence-electron chi connectivity index (χ0n) is 23.9. The van der Waals surface area contributed by atoms with Gasteiger partial charge in [-0.2, -0.15) is 0 Å². The topological polar surface area (TPSA) is 201 Å². The van der Waals surface area contributed by atoms with Gasteiger partial charge in [0.15, 0.2) is 0 Å². The summed E-state index contributed by atoms with van der Waals surface area (Å²) in [6.07, 6.45) is -1.26. The summed E-state index contributed by atoms with van der Waals surface area (Å²) in [5, 5.41) is 11.5. The van der Waals surface area contributed by atoms with E-state index in [9.17, 15) is 38.9 Å². The zero-order valence-corrected chi connectivity index (χ0v) is 23.9. The molecule has 1 aromatic carbocycles. The number of carbonyl (C=O) groups is 6. The molecule has 0 spiro atoms. The van der Waals surface area contributed by atoms with E-state index in [0.717, 1.165) is 6.07 Å². The number of nitro groups is 1. The van der Waals surface area contributed by atoms with Crippen LogP contribution in [0.5, 0.6) is 0 Å². The van der Waals surface area contributed by atoms with E-state index in [2.05, 4.69) is 13.2 Å². The lowest BCUT2D eigenvalue weighted by Crippen LogP contribution is -2.15. The number of nitro benzene ring substituents is 1. The smallest absolute Gasteiger partial charge is 0.333 e. The van der Waals surface area contributed by atoms with Gasteiger partial charge in [0.1, 0.15) is 39.6 Å². The van der Waals surface area contributed by atoms with Crippen LogP contribution in [0.25, 0.3) is 0 Å². The predicted molar refractivity (Wildman–Crippen MR) is 145 cm³/mol. The molecule has 1 aromatic rings. The number of carbonyl (C=O) groups excluding carboxylic acids is 6. The average Bonchev–Trinajstić information content (AvgIpc) is 2.96. The fourth-order valence-electron chi connectivity index (χ4n) is 2.84. The summed E-state index contributed by atoms with van der Waals surface area (Å²) >= 11 is 0. The number of hydrogen-bond acceptors (Lipinski definition) is 14. The fraction of sp³-hybridized carbons (Fsp3) is 0.429. The monoisotopic (exact) mass is 607 g/mol. The molecule has 15 heteroatoms. The van der Waals surface area contributed by atoms with Crippen molar-refractivity contribution in [2.45, 2.75) is 52.7 Å². The van der Waals surface area contributed by atoms with Gasteiger partial charge in [-0.15, -0.1) is 0 Å². The lowest BCUT2D eigenvalue weighted by molar-refractivity contribution is -0.385. The summed E-state index contributed by atoms with van der Waals surface area (Å²) in [5.74, 6) is -4.25. The maximum absolute atomic E-state index is 12.0. The molecule has 0 heterocycles. The normalized spacial score (nSPS) is 10.1. The summed E-state index contributed by atoms with van der Waals surface area (Å²) in [5.41, 5.74) is 0.337. The Morgan fingerprint density at radius 3 is 1.47 bits per heavy atom. The molecule has 0 unspecified atom stereocenters. The third-order valence-corrected chi connectivity index (χ3v) is 5.06. The van der Waals surface area contributed by atoms with Crippen LogP contribution in [0.3, 0.4) is 0 Å². The van der Waals surface area contributed by atoms with Crippen molar-refractivity contribution < 1.29 is 62.1 Å². The predicted octanol–water partition coefficient (Wildman–Crippen LogP) is 2.57. The molecule has 0 radical (unpaired) electrons.